The van der Waals surface area contributed by atoms with Crippen LogP contribution in [0.4, 0.5) is 0 Å². The van der Waals surface area contributed by atoms with Crippen LogP contribution in [0.25, 0.3) is 0 Å². The summed E-state index contributed by atoms with van der Waals surface area (Å²) in [5, 5.41) is 0. The molecule has 1 fully saturated rings. The summed E-state index contributed by atoms with van der Waals surface area (Å²) in [5.41, 5.74) is 5.42. The zero-order valence-electron chi connectivity index (χ0n) is 6.37. The van der Waals surface area contributed by atoms with Crippen LogP contribution in [0.2, 0.25) is 0 Å². The molecule has 0 spiro atoms. The first-order valence-corrected chi connectivity index (χ1v) is 5.06. The minimum absolute atomic E-state index is 0.00318. The molecule has 2 atom stereocenters. The number of hydrogen-bond donors (Lipinski definition) is 3. The summed E-state index contributed by atoms with van der Waals surface area (Å²) in [6.07, 6.45) is 0.741. The Morgan fingerprint density at radius 2 is 2.18 bits per heavy atom. The number of rotatable bonds is 4. The Balaban J connectivity index is 2.35. The van der Waals surface area contributed by atoms with Crippen molar-refractivity contribution in [1.82, 2.24) is 9.44 Å². The van der Waals surface area contributed by atoms with E-state index in [-0.39, 0.29) is 12.1 Å². The van der Waals surface area contributed by atoms with Crippen LogP contribution >= 0.6 is 0 Å². The third kappa shape index (κ3) is 2.74. The topological polar surface area (TPSA) is 84.2 Å². The molecule has 0 aliphatic heterocycles. The molecule has 1 aliphatic rings. The summed E-state index contributed by atoms with van der Waals surface area (Å²) in [4.78, 5) is 0. The second-order valence-electron chi connectivity index (χ2n) is 2.63. The fourth-order valence-corrected chi connectivity index (χ4v) is 1.91. The average molecular weight is 179 g/mol. The van der Waals surface area contributed by atoms with Gasteiger partial charge in [-0.2, -0.15) is 13.1 Å². The maximum Gasteiger partial charge on any atom is 0.277 e. The van der Waals surface area contributed by atoms with Crippen LogP contribution in [0, 0.1) is 0 Å². The Bertz CT molecular complexity index is 226. The molecular weight excluding hydrogens is 166 g/mol. The molecule has 4 N–H and O–H groups in total. The molecule has 0 amide bonds. The van der Waals surface area contributed by atoms with Crippen molar-refractivity contribution in [1.29, 1.82) is 0 Å². The largest absolute Gasteiger partial charge is 0.326 e. The second-order valence-corrected chi connectivity index (χ2v) is 4.16. The molecule has 5 nitrogen and oxygen atoms in total. The predicted molar refractivity (Wildman–Crippen MR) is 42.1 cm³/mol. The van der Waals surface area contributed by atoms with Crippen LogP contribution in [0.5, 0.6) is 0 Å². The molecule has 0 heterocycles. The third-order valence-corrected chi connectivity index (χ3v) is 2.76. The summed E-state index contributed by atoms with van der Waals surface area (Å²) >= 11 is 0. The Morgan fingerprint density at radius 1 is 1.64 bits per heavy atom. The van der Waals surface area contributed by atoms with Gasteiger partial charge in [-0.15, -0.1) is 0 Å². The molecule has 0 bridgehead atoms. The minimum atomic E-state index is -3.28. The van der Waals surface area contributed by atoms with Crippen molar-refractivity contribution in [2.45, 2.75) is 25.4 Å². The van der Waals surface area contributed by atoms with Gasteiger partial charge in [0.15, 0.2) is 0 Å². The van der Waals surface area contributed by atoms with Crippen molar-refractivity contribution in [2.24, 2.45) is 5.73 Å². The summed E-state index contributed by atoms with van der Waals surface area (Å²) < 4.78 is 26.6. The van der Waals surface area contributed by atoms with Crippen molar-refractivity contribution in [3.05, 3.63) is 0 Å². The van der Waals surface area contributed by atoms with Crippen LogP contribution in [-0.2, 0) is 10.2 Å². The van der Waals surface area contributed by atoms with E-state index in [1.54, 1.807) is 6.92 Å². The summed E-state index contributed by atoms with van der Waals surface area (Å²) in [6.45, 7) is 2.13. The predicted octanol–water partition coefficient (Wildman–Crippen LogP) is -1.47. The lowest BCUT2D eigenvalue weighted by Crippen LogP contribution is -2.39. The highest BCUT2D eigenvalue weighted by Gasteiger charge is 2.36. The minimum Gasteiger partial charge on any atom is -0.326 e. The lowest BCUT2D eigenvalue weighted by atomic mass is 10.7. The first-order valence-electron chi connectivity index (χ1n) is 3.57. The molecule has 0 aromatic carbocycles. The maximum atomic E-state index is 10.9. The van der Waals surface area contributed by atoms with E-state index in [4.69, 9.17) is 5.73 Å². The smallest absolute Gasteiger partial charge is 0.277 e. The maximum absolute atomic E-state index is 10.9. The monoisotopic (exact) mass is 179 g/mol. The molecule has 1 saturated carbocycles. The van der Waals surface area contributed by atoms with Gasteiger partial charge in [0.1, 0.15) is 0 Å². The van der Waals surface area contributed by atoms with Crippen molar-refractivity contribution in [3.8, 4) is 0 Å². The Kier molecular flexibility index (Phi) is 2.48. The van der Waals surface area contributed by atoms with Crippen LogP contribution < -0.4 is 15.2 Å². The van der Waals surface area contributed by atoms with E-state index < -0.39 is 10.2 Å². The molecule has 0 saturated heterocycles. The van der Waals surface area contributed by atoms with Crippen molar-refractivity contribution < 1.29 is 8.42 Å². The number of nitrogens with two attached hydrogens (primary N) is 1. The van der Waals surface area contributed by atoms with E-state index in [1.807, 2.05) is 0 Å². The summed E-state index contributed by atoms with van der Waals surface area (Å²) in [7, 11) is -3.28. The fourth-order valence-electron chi connectivity index (χ4n) is 0.781. The summed E-state index contributed by atoms with van der Waals surface area (Å²) in [6, 6.07) is -0.0533. The van der Waals surface area contributed by atoms with E-state index >= 15 is 0 Å². The fraction of sp³-hybridized carbons (Fsp3) is 1.00. The van der Waals surface area contributed by atoms with Crippen molar-refractivity contribution in [2.75, 3.05) is 6.54 Å². The second kappa shape index (κ2) is 3.06. The van der Waals surface area contributed by atoms with Crippen molar-refractivity contribution >= 4 is 10.2 Å². The highest BCUT2D eigenvalue weighted by atomic mass is 32.2. The zero-order valence-corrected chi connectivity index (χ0v) is 7.19. The summed E-state index contributed by atoms with van der Waals surface area (Å²) in [5.74, 6) is 0. The third-order valence-electron chi connectivity index (χ3n) is 1.48. The normalized spacial score (nSPS) is 30.4. The molecule has 0 radical (unpaired) electrons. The van der Waals surface area contributed by atoms with Gasteiger partial charge in [-0.25, -0.2) is 4.72 Å². The first kappa shape index (κ1) is 8.92. The zero-order chi connectivity index (χ0) is 8.48. The highest BCUT2D eigenvalue weighted by Crippen LogP contribution is 2.18. The van der Waals surface area contributed by atoms with E-state index in [0.717, 1.165) is 6.42 Å². The molecule has 6 heteroatoms. The van der Waals surface area contributed by atoms with E-state index in [1.165, 1.54) is 0 Å². The van der Waals surface area contributed by atoms with Gasteiger partial charge in [0.2, 0.25) is 0 Å². The van der Waals surface area contributed by atoms with E-state index in [0.29, 0.717) is 6.54 Å². The Labute approximate surface area is 66.5 Å². The first-order chi connectivity index (χ1) is 5.05. The lowest BCUT2D eigenvalue weighted by molar-refractivity contribution is 0.567. The van der Waals surface area contributed by atoms with Gasteiger partial charge >= 0.3 is 0 Å². The van der Waals surface area contributed by atoms with Gasteiger partial charge < -0.3 is 5.73 Å². The standard InChI is InChI=1S/C5H13N3O2S/c1-2-7-11(9,10)8-5-3-4(5)6/h4-5,7-8H,2-3,6H2,1H3. The van der Waals surface area contributed by atoms with Gasteiger partial charge in [-0.05, 0) is 6.42 Å². The molecule has 1 rings (SSSR count). The van der Waals surface area contributed by atoms with Crippen LogP contribution in [0.15, 0.2) is 0 Å². The van der Waals surface area contributed by atoms with Gasteiger partial charge in [0.25, 0.3) is 10.2 Å². The van der Waals surface area contributed by atoms with Gasteiger partial charge in [-0.3, -0.25) is 0 Å². The quantitative estimate of drug-likeness (QED) is 0.492. The Morgan fingerprint density at radius 3 is 2.55 bits per heavy atom. The molecule has 66 valence electrons. The lowest BCUT2D eigenvalue weighted by Gasteiger charge is -2.03. The van der Waals surface area contributed by atoms with E-state index in [9.17, 15) is 8.42 Å². The van der Waals surface area contributed by atoms with Crippen LogP contribution in [0.1, 0.15) is 13.3 Å². The van der Waals surface area contributed by atoms with Gasteiger partial charge in [0, 0.05) is 18.6 Å². The molecule has 0 aromatic heterocycles. The van der Waals surface area contributed by atoms with Gasteiger partial charge in [-0.1, -0.05) is 6.92 Å². The molecule has 2 unspecified atom stereocenters. The molecule has 11 heavy (non-hydrogen) atoms. The van der Waals surface area contributed by atoms with Crippen LogP contribution in [0.3, 0.4) is 0 Å². The SMILES string of the molecule is CCNS(=O)(=O)NC1CC1N. The molecular formula is C5H13N3O2S. The molecule has 0 aromatic rings. The van der Waals surface area contributed by atoms with Crippen molar-refractivity contribution in [3.63, 3.8) is 0 Å². The Hall–Kier alpha value is -0.170. The van der Waals surface area contributed by atoms with Crippen LogP contribution in [-0.4, -0.2) is 27.0 Å². The highest BCUT2D eigenvalue weighted by molar-refractivity contribution is 7.87. The average Bonchev–Trinajstić information content (AvgIpc) is 2.44. The number of hydrogen-bond acceptors (Lipinski definition) is 3. The van der Waals surface area contributed by atoms with Gasteiger partial charge in [0.05, 0.1) is 0 Å². The molecule has 1 aliphatic carbocycles. The number of nitrogens with one attached hydrogen (secondary N) is 2. The van der Waals surface area contributed by atoms with E-state index in [2.05, 4.69) is 9.44 Å².